The molecule has 0 aliphatic rings. The number of hydrogen-bond acceptors (Lipinski definition) is 4. The number of rotatable bonds is 12. The highest BCUT2D eigenvalue weighted by Gasteiger charge is 2.29. The molecule has 204 valence electrons. The minimum absolute atomic E-state index is 0.116. The molecule has 0 aliphatic heterocycles. The predicted molar refractivity (Wildman–Crippen MR) is 152 cm³/mol. The van der Waals surface area contributed by atoms with Gasteiger partial charge >= 0.3 is 0 Å². The number of amides is 2. The van der Waals surface area contributed by atoms with Crippen molar-refractivity contribution >= 4 is 32.6 Å². The number of fused-ring (bicyclic) bond motifs is 1. The first-order chi connectivity index (χ1) is 18.0. The second kappa shape index (κ2) is 13.0. The molecule has 0 fully saturated rings. The summed E-state index contributed by atoms with van der Waals surface area (Å²) in [7, 11) is -3.74. The second-order valence-corrected chi connectivity index (χ2v) is 12.4. The molecule has 0 saturated heterocycles. The van der Waals surface area contributed by atoms with Crippen LogP contribution in [0.2, 0.25) is 0 Å². The van der Waals surface area contributed by atoms with Gasteiger partial charge in [-0.15, -0.1) is 0 Å². The maximum Gasteiger partial charge on any atom is 0.242 e. The van der Waals surface area contributed by atoms with Gasteiger partial charge in [-0.1, -0.05) is 101 Å². The highest BCUT2D eigenvalue weighted by molar-refractivity contribution is 7.89. The molecule has 0 radical (unpaired) electrons. The monoisotopic (exact) mass is 537 g/mol. The Hall–Kier alpha value is -3.23. The van der Waals surface area contributed by atoms with Crippen molar-refractivity contribution in [2.45, 2.75) is 70.4 Å². The quantitative estimate of drug-likeness (QED) is 0.315. The number of nitrogens with one attached hydrogen (secondary N) is 3. The molecule has 0 spiro atoms. The first-order valence-corrected chi connectivity index (χ1v) is 14.6. The van der Waals surface area contributed by atoms with Crippen molar-refractivity contribution in [2.24, 2.45) is 5.41 Å². The predicted octanol–water partition coefficient (Wildman–Crippen LogP) is 4.57. The van der Waals surface area contributed by atoms with Gasteiger partial charge in [0.15, 0.2) is 0 Å². The third-order valence-electron chi connectivity index (χ3n) is 6.36. The number of unbranched alkanes of at least 4 members (excludes halogenated alkanes) is 1. The minimum Gasteiger partial charge on any atom is -0.353 e. The van der Waals surface area contributed by atoms with Crippen LogP contribution >= 0.6 is 0 Å². The van der Waals surface area contributed by atoms with Crippen LogP contribution < -0.4 is 15.4 Å². The van der Waals surface area contributed by atoms with E-state index in [0.717, 1.165) is 29.2 Å². The molecule has 0 aliphatic carbocycles. The van der Waals surface area contributed by atoms with E-state index in [4.69, 9.17) is 0 Å². The third kappa shape index (κ3) is 8.39. The van der Waals surface area contributed by atoms with Crippen LogP contribution in [0.4, 0.5) is 0 Å². The van der Waals surface area contributed by atoms with Crippen LogP contribution in [0, 0.1) is 5.41 Å². The SMILES string of the molecule is CCCCC(CNC(=O)[C@H](Cc1ccc2ccccc2c1)NC(=O)C(C)(C)C)NS(=O)(=O)c1ccccc1. The number of benzene rings is 3. The summed E-state index contributed by atoms with van der Waals surface area (Å²) in [6.07, 6.45) is 2.59. The molecule has 3 rings (SSSR count). The van der Waals surface area contributed by atoms with Gasteiger partial charge in [-0.25, -0.2) is 13.1 Å². The Bertz CT molecular complexity index is 1330. The van der Waals surface area contributed by atoms with E-state index in [1.807, 2.05) is 49.4 Å². The Labute approximate surface area is 226 Å². The fourth-order valence-electron chi connectivity index (χ4n) is 4.07. The van der Waals surface area contributed by atoms with Gasteiger partial charge in [-0.3, -0.25) is 9.59 Å². The summed E-state index contributed by atoms with van der Waals surface area (Å²) < 4.78 is 28.6. The molecular formula is C30H39N3O4S. The van der Waals surface area contributed by atoms with Crippen LogP contribution in [0.3, 0.4) is 0 Å². The fourth-order valence-corrected chi connectivity index (χ4v) is 5.36. The largest absolute Gasteiger partial charge is 0.353 e. The third-order valence-corrected chi connectivity index (χ3v) is 7.90. The lowest BCUT2D eigenvalue weighted by molar-refractivity contribution is -0.133. The molecule has 2 amide bonds. The van der Waals surface area contributed by atoms with E-state index < -0.39 is 27.5 Å². The maximum atomic E-state index is 13.4. The number of carbonyl (C=O) groups excluding carboxylic acids is 2. The molecule has 0 aromatic heterocycles. The zero-order chi connectivity index (χ0) is 27.8. The second-order valence-electron chi connectivity index (χ2n) is 10.7. The van der Waals surface area contributed by atoms with Gasteiger partial charge in [0.05, 0.1) is 4.90 Å². The summed E-state index contributed by atoms with van der Waals surface area (Å²) in [5, 5.41) is 7.96. The summed E-state index contributed by atoms with van der Waals surface area (Å²) in [6.45, 7) is 7.54. The van der Waals surface area contributed by atoms with E-state index in [0.29, 0.717) is 12.8 Å². The number of carbonyl (C=O) groups is 2. The van der Waals surface area contributed by atoms with Crippen molar-refractivity contribution in [1.82, 2.24) is 15.4 Å². The standard InChI is InChI=1S/C30H39N3O4S/c1-5-6-14-25(33-38(36,37)26-15-8-7-9-16-26)21-31-28(34)27(32-29(35)30(2,3)4)20-22-17-18-23-12-10-11-13-24(23)19-22/h7-13,15-19,25,27,33H,5-6,14,20-21H2,1-4H3,(H,31,34)(H,32,35)/t25?,27-/m0/s1. The molecule has 0 bridgehead atoms. The topological polar surface area (TPSA) is 104 Å². The first kappa shape index (κ1) is 29.3. The lowest BCUT2D eigenvalue weighted by Crippen LogP contribution is -2.53. The molecule has 7 nitrogen and oxygen atoms in total. The molecule has 3 aromatic rings. The van der Waals surface area contributed by atoms with Crippen molar-refractivity contribution in [1.29, 1.82) is 0 Å². The molecule has 38 heavy (non-hydrogen) atoms. The van der Waals surface area contributed by atoms with Gasteiger partial charge in [0.25, 0.3) is 0 Å². The maximum absolute atomic E-state index is 13.4. The Balaban J connectivity index is 1.76. The van der Waals surface area contributed by atoms with Crippen molar-refractivity contribution in [3.8, 4) is 0 Å². The van der Waals surface area contributed by atoms with Crippen LogP contribution in [0.5, 0.6) is 0 Å². The van der Waals surface area contributed by atoms with Crippen molar-refractivity contribution in [3.63, 3.8) is 0 Å². The van der Waals surface area contributed by atoms with E-state index in [9.17, 15) is 18.0 Å². The van der Waals surface area contributed by atoms with E-state index >= 15 is 0 Å². The average molecular weight is 538 g/mol. The lowest BCUT2D eigenvalue weighted by atomic mass is 9.94. The Morgan fingerprint density at radius 2 is 1.55 bits per heavy atom. The van der Waals surface area contributed by atoms with E-state index in [1.165, 1.54) is 0 Å². The molecule has 0 saturated carbocycles. The highest BCUT2D eigenvalue weighted by Crippen LogP contribution is 2.18. The van der Waals surface area contributed by atoms with Crippen LogP contribution in [0.25, 0.3) is 10.8 Å². The molecule has 3 N–H and O–H groups in total. The summed E-state index contributed by atoms with van der Waals surface area (Å²) in [5.41, 5.74) is 0.252. The number of hydrogen-bond donors (Lipinski definition) is 3. The summed E-state index contributed by atoms with van der Waals surface area (Å²) in [5.74, 6) is -0.582. The molecular weight excluding hydrogens is 498 g/mol. The minimum atomic E-state index is -3.74. The zero-order valence-corrected chi connectivity index (χ0v) is 23.5. The van der Waals surface area contributed by atoms with E-state index in [1.54, 1.807) is 51.1 Å². The molecule has 0 heterocycles. The van der Waals surface area contributed by atoms with Crippen LogP contribution in [-0.2, 0) is 26.0 Å². The summed E-state index contributed by atoms with van der Waals surface area (Å²) >= 11 is 0. The molecule has 3 aromatic carbocycles. The van der Waals surface area contributed by atoms with Gasteiger partial charge in [0.1, 0.15) is 6.04 Å². The molecule has 2 atom stereocenters. The molecule has 1 unspecified atom stereocenters. The number of sulfonamides is 1. The Morgan fingerprint density at radius 3 is 2.21 bits per heavy atom. The van der Waals surface area contributed by atoms with Gasteiger partial charge in [0, 0.05) is 24.4 Å². The Kier molecular flexibility index (Phi) is 10.1. The van der Waals surface area contributed by atoms with Crippen molar-refractivity contribution in [3.05, 3.63) is 78.4 Å². The summed E-state index contributed by atoms with van der Waals surface area (Å²) in [6, 6.07) is 20.9. The van der Waals surface area contributed by atoms with Crippen LogP contribution in [-0.4, -0.2) is 38.9 Å². The normalized spacial score (nSPS) is 13.6. The van der Waals surface area contributed by atoms with Crippen molar-refractivity contribution < 1.29 is 18.0 Å². The van der Waals surface area contributed by atoms with Gasteiger partial charge in [-0.2, -0.15) is 0 Å². The van der Waals surface area contributed by atoms with E-state index in [-0.39, 0.29) is 23.3 Å². The van der Waals surface area contributed by atoms with Gasteiger partial charge in [0.2, 0.25) is 21.8 Å². The lowest BCUT2D eigenvalue weighted by Gasteiger charge is -2.25. The zero-order valence-electron chi connectivity index (χ0n) is 22.7. The molecule has 8 heteroatoms. The van der Waals surface area contributed by atoms with Crippen molar-refractivity contribution in [2.75, 3.05) is 6.54 Å². The summed E-state index contributed by atoms with van der Waals surface area (Å²) in [4.78, 5) is 26.4. The van der Waals surface area contributed by atoms with E-state index in [2.05, 4.69) is 15.4 Å². The Morgan fingerprint density at radius 1 is 0.895 bits per heavy atom. The average Bonchev–Trinajstić information content (AvgIpc) is 2.89. The fraction of sp³-hybridized carbons (Fsp3) is 0.400. The van der Waals surface area contributed by atoms with Crippen LogP contribution in [0.15, 0.2) is 77.7 Å². The smallest absolute Gasteiger partial charge is 0.242 e. The highest BCUT2D eigenvalue weighted by atomic mass is 32.2. The first-order valence-electron chi connectivity index (χ1n) is 13.1. The van der Waals surface area contributed by atoms with Gasteiger partial charge in [-0.05, 0) is 34.9 Å². The van der Waals surface area contributed by atoms with Gasteiger partial charge < -0.3 is 10.6 Å². The van der Waals surface area contributed by atoms with Crippen LogP contribution in [0.1, 0.15) is 52.5 Å².